The number of aromatic nitrogens is 2. The van der Waals surface area contributed by atoms with Gasteiger partial charge in [-0.1, -0.05) is 18.2 Å². The van der Waals surface area contributed by atoms with Gasteiger partial charge in [0.25, 0.3) is 11.5 Å². The van der Waals surface area contributed by atoms with Crippen LogP contribution in [0, 0.1) is 0 Å². The van der Waals surface area contributed by atoms with Crippen LogP contribution in [0.1, 0.15) is 17.1 Å². The number of fused-ring (bicyclic) bond motifs is 1. The zero-order chi connectivity index (χ0) is 18.4. The van der Waals surface area contributed by atoms with Crippen LogP contribution in [0.3, 0.4) is 0 Å². The van der Waals surface area contributed by atoms with Crippen LogP contribution in [0.2, 0.25) is 0 Å². The van der Waals surface area contributed by atoms with Crippen molar-refractivity contribution in [3.63, 3.8) is 0 Å². The molecule has 7 nitrogen and oxygen atoms in total. The highest BCUT2D eigenvalue weighted by molar-refractivity contribution is 7.09. The summed E-state index contributed by atoms with van der Waals surface area (Å²) in [4.78, 5) is 43.4. The number of nitrogens with zero attached hydrogens (tertiary/aromatic N) is 1. The Morgan fingerprint density at radius 3 is 2.85 bits per heavy atom. The van der Waals surface area contributed by atoms with Gasteiger partial charge in [-0.05, 0) is 23.6 Å². The first-order valence-corrected chi connectivity index (χ1v) is 8.92. The van der Waals surface area contributed by atoms with Crippen LogP contribution in [0.25, 0.3) is 10.9 Å². The molecule has 3 aromatic rings. The van der Waals surface area contributed by atoms with Gasteiger partial charge in [0, 0.05) is 11.3 Å². The minimum atomic E-state index is -0.521. The van der Waals surface area contributed by atoms with Crippen molar-refractivity contribution >= 4 is 34.1 Å². The first-order chi connectivity index (χ1) is 12.6. The number of para-hydroxylation sites is 1. The Morgan fingerprint density at radius 1 is 1.19 bits per heavy atom. The number of thiophene rings is 1. The number of hydrogen-bond acceptors (Lipinski definition) is 6. The van der Waals surface area contributed by atoms with Gasteiger partial charge in [-0.3, -0.25) is 14.4 Å². The molecule has 0 unspecified atom stereocenters. The molecular formula is C18H17N3O4S. The molecule has 0 aliphatic rings. The van der Waals surface area contributed by atoms with Crippen molar-refractivity contribution in [1.29, 1.82) is 0 Å². The zero-order valence-corrected chi connectivity index (χ0v) is 14.7. The molecule has 0 spiro atoms. The smallest absolute Gasteiger partial charge is 0.306 e. The van der Waals surface area contributed by atoms with E-state index in [-0.39, 0.29) is 30.9 Å². The van der Waals surface area contributed by atoms with E-state index < -0.39 is 5.97 Å². The van der Waals surface area contributed by atoms with E-state index in [9.17, 15) is 14.4 Å². The molecule has 1 aromatic carbocycles. The molecular weight excluding hydrogens is 354 g/mol. The van der Waals surface area contributed by atoms with Gasteiger partial charge in [-0.25, -0.2) is 4.98 Å². The van der Waals surface area contributed by atoms with Crippen molar-refractivity contribution in [2.75, 3.05) is 6.61 Å². The SMILES string of the molecule is O=C(COC(=O)CCc1nc2ccccc2c(=O)[nH]1)NCc1cccs1. The van der Waals surface area contributed by atoms with Crippen LogP contribution in [0.5, 0.6) is 0 Å². The van der Waals surface area contributed by atoms with E-state index in [1.54, 1.807) is 24.3 Å². The fraction of sp³-hybridized carbons (Fsp3) is 0.222. The number of benzene rings is 1. The van der Waals surface area contributed by atoms with Gasteiger partial charge in [0.05, 0.1) is 23.9 Å². The highest BCUT2D eigenvalue weighted by atomic mass is 32.1. The first kappa shape index (κ1) is 17.8. The van der Waals surface area contributed by atoms with E-state index in [0.29, 0.717) is 23.3 Å². The fourth-order valence-corrected chi connectivity index (χ4v) is 2.99. The van der Waals surface area contributed by atoms with E-state index in [1.165, 1.54) is 11.3 Å². The summed E-state index contributed by atoms with van der Waals surface area (Å²) in [5.41, 5.74) is 0.333. The number of H-pyrrole nitrogens is 1. The van der Waals surface area contributed by atoms with Crippen molar-refractivity contribution in [1.82, 2.24) is 15.3 Å². The van der Waals surface area contributed by atoms with E-state index >= 15 is 0 Å². The van der Waals surface area contributed by atoms with Crippen LogP contribution in [-0.2, 0) is 27.3 Å². The monoisotopic (exact) mass is 371 g/mol. The van der Waals surface area contributed by atoms with Crippen LogP contribution >= 0.6 is 11.3 Å². The number of rotatable bonds is 7. The molecule has 8 heteroatoms. The van der Waals surface area contributed by atoms with Crippen LogP contribution < -0.4 is 10.9 Å². The molecule has 0 fully saturated rings. The lowest BCUT2D eigenvalue weighted by atomic mass is 10.2. The molecule has 0 radical (unpaired) electrons. The largest absolute Gasteiger partial charge is 0.456 e. The minimum absolute atomic E-state index is 0.0273. The van der Waals surface area contributed by atoms with Gasteiger partial charge in [0.15, 0.2) is 6.61 Å². The third-order valence-electron chi connectivity index (χ3n) is 3.63. The van der Waals surface area contributed by atoms with E-state index in [2.05, 4.69) is 15.3 Å². The van der Waals surface area contributed by atoms with Crippen molar-refractivity contribution in [2.45, 2.75) is 19.4 Å². The normalized spacial score (nSPS) is 10.6. The number of esters is 1. The summed E-state index contributed by atoms with van der Waals surface area (Å²) < 4.78 is 4.95. The predicted octanol–water partition coefficient (Wildman–Crippen LogP) is 1.78. The molecule has 2 heterocycles. The maximum absolute atomic E-state index is 12.0. The zero-order valence-electron chi connectivity index (χ0n) is 13.9. The number of carbonyl (C=O) groups excluding carboxylic acids is 2. The summed E-state index contributed by atoms with van der Waals surface area (Å²) in [7, 11) is 0. The second kappa shape index (κ2) is 8.39. The number of aryl methyl sites for hydroxylation is 1. The van der Waals surface area contributed by atoms with Crippen LogP contribution in [0.15, 0.2) is 46.6 Å². The number of aromatic amines is 1. The lowest BCUT2D eigenvalue weighted by molar-refractivity contribution is -0.148. The van der Waals surface area contributed by atoms with Crippen molar-refractivity contribution in [3.8, 4) is 0 Å². The van der Waals surface area contributed by atoms with Crippen molar-refractivity contribution in [3.05, 3.63) is 62.8 Å². The van der Waals surface area contributed by atoms with Crippen molar-refractivity contribution in [2.24, 2.45) is 0 Å². The molecule has 2 aromatic heterocycles. The fourth-order valence-electron chi connectivity index (χ4n) is 2.34. The average Bonchev–Trinajstić information content (AvgIpc) is 3.16. The summed E-state index contributed by atoms with van der Waals surface area (Å²) in [6.45, 7) is 0.0855. The van der Waals surface area contributed by atoms with Gasteiger partial charge in [0.2, 0.25) is 0 Å². The summed E-state index contributed by atoms with van der Waals surface area (Å²) >= 11 is 1.54. The van der Waals surface area contributed by atoms with E-state index in [1.807, 2.05) is 17.5 Å². The van der Waals surface area contributed by atoms with Crippen molar-refractivity contribution < 1.29 is 14.3 Å². The first-order valence-electron chi connectivity index (χ1n) is 8.04. The van der Waals surface area contributed by atoms with E-state index in [0.717, 1.165) is 4.88 Å². The van der Waals surface area contributed by atoms with Gasteiger partial charge < -0.3 is 15.0 Å². The molecule has 0 aliphatic carbocycles. The second-order valence-corrected chi connectivity index (χ2v) is 6.58. The highest BCUT2D eigenvalue weighted by Crippen LogP contribution is 2.08. The number of nitrogens with one attached hydrogen (secondary N) is 2. The van der Waals surface area contributed by atoms with E-state index in [4.69, 9.17) is 4.74 Å². The van der Waals surface area contributed by atoms with Gasteiger partial charge >= 0.3 is 5.97 Å². The maximum atomic E-state index is 12.0. The van der Waals surface area contributed by atoms with Crippen LogP contribution in [0.4, 0.5) is 0 Å². The Labute approximate surface area is 153 Å². The Bertz CT molecular complexity index is 966. The van der Waals surface area contributed by atoms with Gasteiger partial charge in [-0.15, -0.1) is 11.3 Å². The third-order valence-corrected chi connectivity index (χ3v) is 4.51. The molecule has 134 valence electrons. The summed E-state index contributed by atoms with van der Waals surface area (Å²) in [5, 5.41) is 5.10. The molecule has 2 N–H and O–H groups in total. The average molecular weight is 371 g/mol. The van der Waals surface area contributed by atoms with Crippen LogP contribution in [-0.4, -0.2) is 28.5 Å². The number of carbonyl (C=O) groups is 2. The summed E-state index contributed by atoms with van der Waals surface area (Å²) in [6.07, 6.45) is 0.259. The quantitative estimate of drug-likeness (QED) is 0.617. The lowest BCUT2D eigenvalue weighted by Crippen LogP contribution is -2.28. The molecule has 0 aliphatic heterocycles. The number of ether oxygens (including phenoxy) is 1. The molecule has 1 amide bonds. The Kier molecular flexibility index (Phi) is 5.75. The second-order valence-electron chi connectivity index (χ2n) is 5.55. The predicted molar refractivity (Wildman–Crippen MR) is 97.8 cm³/mol. The highest BCUT2D eigenvalue weighted by Gasteiger charge is 2.10. The molecule has 26 heavy (non-hydrogen) atoms. The molecule has 3 rings (SSSR count). The Hall–Kier alpha value is -3.00. The molecule has 0 bridgehead atoms. The van der Waals surface area contributed by atoms with Gasteiger partial charge in [-0.2, -0.15) is 0 Å². The Balaban J connectivity index is 1.45. The topological polar surface area (TPSA) is 101 Å². The molecule has 0 saturated carbocycles. The summed E-state index contributed by atoms with van der Waals surface area (Å²) in [6, 6.07) is 10.8. The lowest BCUT2D eigenvalue weighted by Gasteiger charge is -2.06. The maximum Gasteiger partial charge on any atom is 0.306 e. The third kappa shape index (κ3) is 4.76. The molecule has 0 saturated heterocycles. The minimum Gasteiger partial charge on any atom is -0.456 e. The van der Waals surface area contributed by atoms with Gasteiger partial charge in [0.1, 0.15) is 5.82 Å². The summed E-state index contributed by atoms with van der Waals surface area (Å²) in [5.74, 6) is -0.469. The molecule has 0 atom stereocenters. The number of hydrogen-bond donors (Lipinski definition) is 2. The number of amides is 1. The standard InChI is InChI=1S/C18H17N3O4S/c22-16(19-10-12-4-3-9-26-12)11-25-17(23)8-7-15-20-14-6-2-1-5-13(14)18(24)21-15/h1-6,9H,7-8,10-11H2,(H,19,22)(H,20,21,24). The Morgan fingerprint density at radius 2 is 2.04 bits per heavy atom.